The van der Waals surface area contributed by atoms with Gasteiger partial charge in [0.15, 0.2) is 0 Å². The number of hydrogen-bond donors (Lipinski definition) is 1. The normalized spacial score (nSPS) is 12.4. The van der Waals surface area contributed by atoms with E-state index in [9.17, 15) is 4.39 Å². The van der Waals surface area contributed by atoms with E-state index in [0.29, 0.717) is 17.7 Å². The fourth-order valence-electron chi connectivity index (χ4n) is 2.30. The molecule has 1 aromatic carbocycles. The Hall–Kier alpha value is -1.46. The molecule has 0 saturated carbocycles. The lowest BCUT2D eigenvalue weighted by Gasteiger charge is -2.21. The zero-order valence-corrected chi connectivity index (χ0v) is 13.5. The van der Waals surface area contributed by atoms with Crippen LogP contribution in [0.25, 0.3) is 0 Å². The van der Waals surface area contributed by atoms with Gasteiger partial charge < -0.3 is 10.1 Å². The summed E-state index contributed by atoms with van der Waals surface area (Å²) in [4.78, 5) is 4.48. The predicted octanol–water partition coefficient (Wildman–Crippen LogP) is 3.88. The van der Waals surface area contributed by atoms with Gasteiger partial charge in [-0.1, -0.05) is 13.0 Å². The summed E-state index contributed by atoms with van der Waals surface area (Å²) in [5.41, 5.74) is 1.59. The van der Waals surface area contributed by atoms with Crippen molar-refractivity contribution in [1.82, 2.24) is 10.3 Å². The van der Waals surface area contributed by atoms with Gasteiger partial charge in [0.05, 0.1) is 12.1 Å². The number of thiazole rings is 1. The Balaban J connectivity index is 2.31. The summed E-state index contributed by atoms with van der Waals surface area (Å²) < 4.78 is 19.6. The van der Waals surface area contributed by atoms with Crippen LogP contribution in [0.15, 0.2) is 23.6 Å². The zero-order valence-electron chi connectivity index (χ0n) is 12.6. The Bertz CT molecular complexity index is 585. The molecule has 1 heterocycles. The third-order valence-corrected chi connectivity index (χ3v) is 4.26. The van der Waals surface area contributed by atoms with E-state index in [2.05, 4.69) is 17.2 Å². The number of aryl methyl sites for hydroxylation is 1. The second-order valence-electron chi connectivity index (χ2n) is 4.95. The average molecular weight is 308 g/mol. The smallest absolute Gasteiger partial charge is 0.131 e. The maximum atomic E-state index is 14.3. The molecule has 2 aromatic rings. The Morgan fingerprint density at radius 1 is 1.43 bits per heavy atom. The topological polar surface area (TPSA) is 34.2 Å². The first-order valence-electron chi connectivity index (χ1n) is 7.12. The molecule has 0 bridgehead atoms. The minimum absolute atomic E-state index is 0.133. The minimum Gasteiger partial charge on any atom is -0.496 e. The van der Waals surface area contributed by atoms with Gasteiger partial charge in [-0.25, -0.2) is 9.37 Å². The van der Waals surface area contributed by atoms with Crippen molar-refractivity contribution in [2.75, 3.05) is 13.7 Å². The highest BCUT2D eigenvalue weighted by molar-refractivity contribution is 7.09. The second-order valence-corrected chi connectivity index (χ2v) is 5.89. The maximum Gasteiger partial charge on any atom is 0.131 e. The van der Waals surface area contributed by atoms with E-state index in [1.165, 1.54) is 6.07 Å². The van der Waals surface area contributed by atoms with Crippen LogP contribution >= 0.6 is 11.3 Å². The minimum atomic E-state index is -0.240. The number of ether oxygens (including phenoxy) is 1. The van der Waals surface area contributed by atoms with Gasteiger partial charge >= 0.3 is 0 Å². The van der Waals surface area contributed by atoms with Gasteiger partial charge in [0.1, 0.15) is 11.6 Å². The van der Waals surface area contributed by atoms with Crippen molar-refractivity contribution in [2.24, 2.45) is 0 Å². The molecule has 2 rings (SSSR count). The van der Waals surface area contributed by atoms with E-state index in [4.69, 9.17) is 4.74 Å². The summed E-state index contributed by atoms with van der Waals surface area (Å²) in [6, 6.07) is 4.81. The lowest BCUT2D eigenvalue weighted by Crippen LogP contribution is -2.25. The lowest BCUT2D eigenvalue weighted by atomic mass is 10.0. The molecule has 3 nitrogen and oxygen atoms in total. The Morgan fingerprint density at radius 2 is 2.24 bits per heavy atom. The van der Waals surface area contributed by atoms with Crippen molar-refractivity contribution >= 4 is 11.3 Å². The first-order chi connectivity index (χ1) is 10.2. The van der Waals surface area contributed by atoms with Gasteiger partial charge in [0, 0.05) is 29.1 Å². The molecule has 5 heteroatoms. The first-order valence-corrected chi connectivity index (χ1v) is 8.00. The summed E-state index contributed by atoms with van der Waals surface area (Å²) in [6.45, 7) is 4.89. The highest BCUT2D eigenvalue weighted by Crippen LogP contribution is 2.30. The van der Waals surface area contributed by atoms with Crippen LogP contribution < -0.4 is 10.1 Å². The predicted molar refractivity (Wildman–Crippen MR) is 84.5 cm³/mol. The first kappa shape index (κ1) is 15.9. The number of hydrogen-bond acceptors (Lipinski definition) is 4. The van der Waals surface area contributed by atoms with Crippen molar-refractivity contribution in [3.63, 3.8) is 0 Å². The number of rotatable bonds is 7. The third kappa shape index (κ3) is 4.02. The molecule has 114 valence electrons. The van der Waals surface area contributed by atoms with Gasteiger partial charge in [0.25, 0.3) is 0 Å². The van der Waals surface area contributed by atoms with Gasteiger partial charge in [0.2, 0.25) is 0 Å². The quantitative estimate of drug-likeness (QED) is 0.843. The molecule has 1 aromatic heterocycles. The summed E-state index contributed by atoms with van der Waals surface area (Å²) >= 11 is 1.61. The van der Waals surface area contributed by atoms with E-state index >= 15 is 0 Å². The largest absolute Gasteiger partial charge is 0.496 e. The molecular weight excluding hydrogens is 287 g/mol. The number of aromatic nitrogens is 1. The molecule has 0 radical (unpaired) electrons. The van der Waals surface area contributed by atoms with Crippen LogP contribution in [0, 0.1) is 12.7 Å². The molecule has 0 spiro atoms. The van der Waals surface area contributed by atoms with Crippen molar-refractivity contribution in [2.45, 2.75) is 32.7 Å². The molecule has 0 aliphatic heterocycles. The van der Waals surface area contributed by atoms with E-state index < -0.39 is 0 Å². The fraction of sp³-hybridized carbons (Fsp3) is 0.438. The van der Waals surface area contributed by atoms with Crippen molar-refractivity contribution < 1.29 is 9.13 Å². The highest BCUT2D eigenvalue weighted by atomic mass is 32.1. The van der Waals surface area contributed by atoms with Crippen LogP contribution in [0.2, 0.25) is 0 Å². The maximum absolute atomic E-state index is 14.3. The lowest BCUT2D eigenvalue weighted by molar-refractivity contribution is 0.389. The van der Waals surface area contributed by atoms with Crippen molar-refractivity contribution in [1.29, 1.82) is 0 Å². The molecule has 0 aliphatic carbocycles. The third-order valence-electron chi connectivity index (χ3n) is 3.27. The molecule has 1 unspecified atom stereocenters. The molecule has 0 fully saturated rings. The van der Waals surface area contributed by atoms with Crippen LogP contribution in [0.5, 0.6) is 5.75 Å². The van der Waals surface area contributed by atoms with E-state index in [0.717, 1.165) is 23.7 Å². The molecular formula is C16H21FN2OS. The summed E-state index contributed by atoms with van der Waals surface area (Å²) in [7, 11) is 1.57. The molecule has 1 atom stereocenters. The monoisotopic (exact) mass is 308 g/mol. The fourth-order valence-corrected chi connectivity index (χ4v) is 3.12. The number of benzene rings is 1. The van der Waals surface area contributed by atoms with Crippen molar-refractivity contribution in [3.05, 3.63) is 45.7 Å². The van der Waals surface area contributed by atoms with Crippen LogP contribution in [-0.4, -0.2) is 18.6 Å². The number of nitrogens with zero attached hydrogens (tertiary/aromatic N) is 1. The summed E-state index contributed by atoms with van der Waals surface area (Å²) in [5.74, 6) is 0.341. The van der Waals surface area contributed by atoms with Gasteiger partial charge in [-0.3, -0.25) is 0 Å². The SMILES string of the molecule is CCCNC(Cc1nc(C)cs1)c1c(F)cccc1OC. The zero-order chi connectivity index (χ0) is 15.2. The van der Waals surface area contributed by atoms with E-state index in [1.807, 2.05) is 12.3 Å². The van der Waals surface area contributed by atoms with Crippen LogP contribution in [0.4, 0.5) is 4.39 Å². The van der Waals surface area contributed by atoms with Crippen LogP contribution in [0.3, 0.4) is 0 Å². The molecule has 1 N–H and O–H groups in total. The molecule has 21 heavy (non-hydrogen) atoms. The number of halogens is 1. The number of nitrogens with one attached hydrogen (secondary N) is 1. The van der Waals surface area contributed by atoms with Gasteiger partial charge in [-0.05, 0) is 32.0 Å². The van der Waals surface area contributed by atoms with Crippen LogP contribution in [-0.2, 0) is 6.42 Å². The van der Waals surface area contributed by atoms with Gasteiger partial charge in [-0.15, -0.1) is 11.3 Å². The molecule has 0 saturated heterocycles. The molecule has 0 aliphatic rings. The van der Waals surface area contributed by atoms with Gasteiger partial charge in [-0.2, -0.15) is 0 Å². The summed E-state index contributed by atoms with van der Waals surface area (Å²) in [5, 5.41) is 6.43. The Labute approximate surface area is 129 Å². The Kier molecular flexibility index (Phi) is 5.70. The van der Waals surface area contributed by atoms with Crippen LogP contribution in [0.1, 0.15) is 35.7 Å². The standard InChI is InChI=1S/C16H21FN2OS/c1-4-8-18-13(9-15-19-11(2)10-21-15)16-12(17)6-5-7-14(16)20-3/h5-7,10,13,18H,4,8-9H2,1-3H3. The van der Waals surface area contributed by atoms with E-state index in [-0.39, 0.29) is 11.9 Å². The van der Waals surface area contributed by atoms with Crippen molar-refractivity contribution in [3.8, 4) is 5.75 Å². The average Bonchev–Trinajstić information content (AvgIpc) is 2.88. The summed E-state index contributed by atoms with van der Waals surface area (Å²) in [6.07, 6.45) is 1.65. The van der Waals surface area contributed by atoms with E-state index in [1.54, 1.807) is 30.6 Å². The Morgan fingerprint density at radius 3 is 2.86 bits per heavy atom. The number of methoxy groups -OCH3 is 1. The molecule has 0 amide bonds. The highest BCUT2D eigenvalue weighted by Gasteiger charge is 2.21. The second kappa shape index (κ2) is 7.52.